The number of carbonyl (C=O) groups is 2. The maximum atomic E-state index is 12.2. The molecule has 0 radical (unpaired) electrons. The van der Waals surface area contributed by atoms with Crippen molar-refractivity contribution in [1.82, 2.24) is 10.2 Å². The Bertz CT molecular complexity index is 535. The largest absolute Gasteiger partial charge is 0.354 e. The summed E-state index contributed by atoms with van der Waals surface area (Å²) in [7, 11) is 0. The van der Waals surface area contributed by atoms with Crippen LogP contribution in [0.15, 0.2) is 18.2 Å². The number of hydrogen-bond acceptors (Lipinski definition) is 2. The predicted molar refractivity (Wildman–Crippen MR) is 90.1 cm³/mol. The Balaban J connectivity index is 2.93. The molecule has 0 aromatic heterocycles. The normalized spacial score (nSPS) is 11.9. The van der Waals surface area contributed by atoms with E-state index in [-0.39, 0.29) is 18.4 Å². The van der Waals surface area contributed by atoms with Gasteiger partial charge in [0.1, 0.15) is 6.04 Å². The van der Waals surface area contributed by atoms with Crippen molar-refractivity contribution in [2.24, 2.45) is 0 Å². The van der Waals surface area contributed by atoms with Crippen molar-refractivity contribution in [2.45, 2.75) is 46.2 Å². The Labute approximate surface area is 141 Å². The summed E-state index contributed by atoms with van der Waals surface area (Å²) in [6.07, 6.45) is 1.18. The van der Waals surface area contributed by atoms with Crippen molar-refractivity contribution in [2.75, 3.05) is 6.54 Å². The third-order valence-electron chi connectivity index (χ3n) is 3.37. The third-order valence-corrected chi connectivity index (χ3v) is 3.96. The van der Waals surface area contributed by atoms with Crippen molar-refractivity contribution in [3.63, 3.8) is 0 Å². The molecule has 4 nitrogen and oxygen atoms in total. The summed E-state index contributed by atoms with van der Waals surface area (Å²) in [5, 5.41) is 3.84. The molecule has 1 rings (SSSR count). The standard InChI is InChI=1S/C16H22Cl2N2O2/c1-4-8-19-16(22)11(3)20(15(21)5-2)10-12-6-7-13(17)9-14(12)18/h6-7,9,11H,4-5,8,10H2,1-3H3,(H,19,22). The Morgan fingerprint density at radius 1 is 1.27 bits per heavy atom. The molecule has 6 heteroatoms. The van der Waals surface area contributed by atoms with Gasteiger partial charge in [-0.15, -0.1) is 0 Å². The number of halogens is 2. The van der Waals surface area contributed by atoms with E-state index in [0.29, 0.717) is 23.0 Å². The summed E-state index contributed by atoms with van der Waals surface area (Å²) in [5.74, 6) is -0.251. The first-order chi connectivity index (χ1) is 10.4. The second-order valence-electron chi connectivity index (χ2n) is 5.08. The Kier molecular flexibility index (Phi) is 7.69. The highest BCUT2D eigenvalue weighted by Gasteiger charge is 2.25. The minimum atomic E-state index is -0.550. The van der Waals surface area contributed by atoms with Gasteiger partial charge in [0, 0.05) is 29.6 Å². The molecule has 0 aliphatic rings. The molecule has 0 heterocycles. The van der Waals surface area contributed by atoms with E-state index in [2.05, 4.69) is 5.32 Å². The average molecular weight is 345 g/mol. The van der Waals surface area contributed by atoms with Crippen LogP contribution in [0.5, 0.6) is 0 Å². The van der Waals surface area contributed by atoms with Gasteiger partial charge in [0.25, 0.3) is 0 Å². The van der Waals surface area contributed by atoms with E-state index in [1.165, 1.54) is 0 Å². The maximum Gasteiger partial charge on any atom is 0.242 e. The summed E-state index contributed by atoms with van der Waals surface area (Å²) >= 11 is 12.1. The van der Waals surface area contributed by atoms with Crippen LogP contribution in [0.4, 0.5) is 0 Å². The Hall–Kier alpha value is -1.26. The lowest BCUT2D eigenvalue weighted by atomic mass is 10.1. The first-order valence-corrected chi connectivity index (χ1v) is 8.17. The zero-order valence-corrected chi connectivity index (χ0v) is 14.7. The molecule has 0 aliphatic heterocycles. The Morgan fingerprint density at radius 3 is 2.50 bits per heavy atom. The van der Waals surface area contributed by atoms with Gasteiger partial charge >= 0.3 is 0 Å². The van der Waals surface area contributed by atoms with Gasteiger partial charge in [0.2, 0.25) is 11.8 Å². The first kappa shape index (κ1) is 18.8. The quantitative estimate of drug-likeness (QED) is 0.820. The van der Waals surface area contributed by atoms with Gasteiger partial charge in [-0.3, -0.25) is 9.59 Å². The lowest BCUT2D eigenvalue weighted by molar-refractivity contribution is -0.140. The molecule has 1 atom stereocenters. The number of carbonyl (C=O) groups excluding carboxylic acids is 2. The van der Waals surface area contributed by atoms with Gasteiger partial charge in [0.15, 0.2) is 0 Å². The molecule has 0 bridgehead atoms. The molecule has 0 saturated heterocycles. The van der Waals surface area contributed by atoms with Gasteiger partial charge in [-0.2, -0.15) is 0 Å². The highest BCUT2D eigenvalue weighted by molar-refractivity contribution is 6.35. The van der Waals surface area contributed by atoms with Crippen LogP contribution in [0.1, 0.15) is 39.2 Å². The molecule has 0 saturated carbocycles. The van der Waals surface area contributed by atoms with Crippen LogP contribution in [0.2, 0.25) is 10.0 Å². The van der Waals surface area contributed by atoms with E-state index in [1.54, 1.807) is 36.9 Å². The lowest BCUT2D eigenvalue weighted by Crippen LogP contribution is -2.47. The summed E-state index contributed by atoms with van der Waals surface area (Å²) in [5.41, 5.74) is 0.767. The van der Waals surface area contributed by atoms with E-state index >= 15 is 0 Å². The fourth-order valence-corrected chi connectivity index (χ4v) is 2.48. The van der Waals surface area contributed by atoms with Gasteiger partial charge in [0.05, 0.1) is 0 Å². The zero-order chi connectivity index (χ0) is 16.7. The van der Waals surface area contributed by atoms with E-state index in [9.17, 15) is 9.59 Å². The molecular formula is C16H22Cl2N2O2. The fourth-order valence-electron chi connectivity index (χ4n) is 2.02. The van der Waals surface area contributed by atoms with Crippen molar-refractivity contribution < 1.29 is 9.59 Å². The van der Waals surface area contributed by atoms with E-state index < -0.39 is 6.04 Å². The zero-order valence-electron chi connectivity index (χ0n) is 13.2. The highest BCUT2D eigenvalue weighted by Crippen LogP contribution is 2.23. The van der Waals surface area contributed by atoms with E-state index in [4.69, 9.17) is 23.2 Å². The third kappa shape index (κ3) is 5.18. The van der Waals surface area contributed by atoms with Crippen molar-refractivity contribution >= 4 is 35.0 Å². The lowest BCUT2D eigenvalue weighted by Gasteiger charge is -2.28. The van der Waals surface area contributed by atoms with Crippen LogP contribution < -0.4 is 5.32 Å². The second-order valence-corrected chi connectivity index (χ2v) is 5.92. The molecule has 1 N–H and O–H groups in total. The number of benzene rings is 1. The number of nitrogens with zero attached hydrogens (tertiary/aromatic N) is 1. The SMILES string of the molecule is CCCNC(=O)C(C)N(Cc1ccc(Cl)cc1Cl)C(=O)CC. The first-order valence-electron chi connectivity index (χ1n) is 7.41. The van der Waals surface area contributed by atoms with Gasteiger partial charge in [-0.1, -0.05) is 43.1 Å². The molecule has 1 unspecified atom stereocenters. The highest BCUT2D eigenvalue weighted by atomic mass is 35.5. The number of amides is 2. The summed E-state index contributed by atoms with van der Waals surface area (Å²) in [4.78, 5) is 25.9. The smallest absolute Gasteiger partial charge is 0.242 e. The molecule has 122 valence electrons. The van der Waals surface area contributed by atoms with Crippen LogP contribution >= 0.6 is 23.2 Å². The summed E-state index contributed by atoms with van der Waals surface area (Å²) < 4.78 is 0. The molecule has 22 heavy (non-hydrogen) atoms. The monoisotopic (exact) mass is 344 g/mol. The summed E-state index contributed by atoms with van der Waals surface area (Å²) in [6, 6.07) is 4.58. The van der Waals surface area contributed by atoms with Gasteiger partial charge in [-0.25, -0.2) is 0 Å². The molecule has 0 fully saturated rings. The second kappa shape index (κ2) is 9.01. The topological polar surface area (TPSA) is 49.4 Å². The van der Waals surface area contributed by atoms with Crippen LogP contribution in [-0.4, -0.2) is 29.3 Å². The molecule has 0 aliphatic carbocycles. The van der Waals surface area contributed by atoms with E-state index in [0.717, 1.165) is 12.0 Å². The minimum absolute atomic E-state index is 0.0924. The van der Waals surface area contributed by atoms with Crippen LogP contribution in [-0.2, 0) is 16.1 Å². The van der Waals surface area contributed by atoms with Crippen LogP contribution in [0.3, 0.4) is 0 Å². The maximum absolute atomic E-state index is 12.2. The van der Waals surface area contributed by atoms with Crippen molar-refractivity contribution in [3.05, 3.63) is 33.8 Å². The number of hydrogen-bond donors (Lipinski definition) is 1. The van der Waals surface area contributed by atoms with E-state index in [1.807, 2.05) is 6.92 Å². The number of nitrogens with one attached hydrogen (secondary N) is 1. The van der Waals surface area contributed by atoms with Gasteiger partial charge in [-0.05, 0) is 31.0 Å². The van der Waals surface area contributed by atoms with Crippen LogP contribution in [0.25, 0.3) is 0 Å². The molecular weight excluding hydrogens is 323 g/mol. The minimum Gasteiger partial charge on any atom is -0.354 e. The van der Waals surface area contributed by atoms with Gasteiger partial charge < -0.3 is 10.2 Å². The molecule has 2 amide bonds. The Morgan fingerprint density at radius 2 is 1.95 bits per heavy atom. The number of rotatable bonds is 7. The van der Waals surface area contributed by atoms with Crippen LogP contribution in [0, 0.1) is 0 Å². The molecule has 1 aromatic rings. The van der Waals surface area contributed by atoms with Crippen molar-refractivity contribution in [3.8, 4) is 0 Å². The summed E-state index contributed by atoms with van der Waals surface area (Å²) in [6.45, 7) is 6.35. The molecule has 1 aromatic carbocycles. The predicted octanol–water partition coefficient (Wildman–Crippen LogP) is 3.65. The molecule has 0 spiro atoms. The fraction of sp³-hybridized carbons (Fsp3) is 0.500. The average Bonchev–Trinajstić information content (AvgIpc) is 2.50. The van der Waals surface area contributed by atoms with Crippen molar-refractivity contribution in [1.29, 1.82) is 0 Å².